The Morgan fingerprint density at radius 1 is 1.29 bits per heavy atom. The summed E-state index contributed by atoms with van der Waals surface area (Å²) in [6, 6.07) is 6.43. The Bertz CT molecular complexity index is 815. The number of nitrogens with one attached hydrogen (secondary N) is 1. The molecule has 1 atom stereocenters. The third kappa shape index (κ3) is 5.07. The Kier molecular flexibility index (Phi) is 6.99. The Morgan fingerprint density at radius 3 is 2.71 bits per heavy atom. The van der Waals surface area contributed by atoms with Gasteiger partial charge in [-0.3, -0.25) is 4.79 Å². The molecule has 2 aromatic rings. The fourth-order valence-corrected chi connectivity index (χ4v) is 4.34. The fraction of sp³-hybridized carbons (Fsp3) is 0.571. The first-order valence-corrected chi connectivity index (χ1v) is 11.1. The third-order valence-corrected chi connectivity index (χ3v) is 6.24. The number of amides is 1. The van der Waals surface area contributed by atoms with Crippen molar-refractivity contribution in [1.82, 2.24) is 20.1 Å². The minimum atomic E-state index is -0.226. The number of aryl methyl sites for hydroxylation is 2. The number of aromatic nitrogens is 3. The van der Waals surface area contributed by atoms with Gasteiger partial charge in [0.1, 0.15) is 5.75 Å². The number of carbonyl (C=O) groups is 1. The van der Waals surface area contributed by atoms with Gasteiger partial charge < -0.3 is 14.6 Å². The average Bonchev–Trinajstić information content (AvgIpc) is 3.32. The highest BCUT2D eigenvalue weighted by Crippen LogP contribution is 2.26. The SMILES string of the molecule is CCn1c(SCC(=O)NC2CCCC2)nnc1C(C)Oc1ccc(C)c(C)c1. The number of hydrogen-bond donors (Lipinski definition) is 1. The lowest BCUT2D eigenvalue weighted by Gasteiger charge is -2.16. The topological polar surface area (TPSA) is 69.0 Å². The van der Waals surface area contributed by atoms with Gasteiger partial charge in [-0.15, -0.1) is 10.2 Å². The molecule has 1 aromatic carbocycles. The highest BCUT2D eigenvalue weighted by molar-refractivity contribution is 7.99. The summed E-state index contributed by atoms with van der Waals surface area (Å²) in [6.07, 6.45) is 4.39. The highest BCUT2D eigenvalue weighted by Gasteiger charge is 2.21. The molecule has 1 N–H and O–H groups in total. The van der Waals surface area contributed by atoms with E-state index in [9.17, 15) is 4.79 Å². The molecule has 1 aliphatic carbocycles. The number of hydrogen-bond acceptors (Lipinski definition) is 5. The second-order valence-corrected chi connectivity index (χ2v) is 8.37. The van der Waals surface area contributed by atoms with Gasteiger partial charge in [0.2, 0.25) is 5.91 Å². The van der Waals surface area contributed by atoms with Crippen LogP contribution in [-0.4, -0.2) is 32.5 Å². The number of benzene rings is 1. The van der Waals surface area contributed by atoms with Crippen molar-refractivity contribution in [1.29, 1.82) is 0 Å². The molecule has 1 amide bonds. The van der Waals surface area contributed by atoms with Crippen LogP contribution in [0.25, 0.3) is 0 Å². The molecule has 1 unspecified atom stereocenters. The highest BCUT2D eigenvalue weighted by atomic mass is 32.2. The molecule has 0 bridgehead atoms. The van der Waals surface area contributed by atoms with E-state index >= 15 is 0 Å². The second kappa shape index (κ2) is 9.45. The van der Waals surface area contributed by atoms with Crippen LogP contribution in [0.4, 0.5) is 0 Å². The minimum Gasteiger partial charge on any atom is -0.483 e. The zero-order valence-corrected chi connectivity index (χ0v) is 18.0. The summed E-state index contributed by atoms with van der Waals surface area (Å²) in [5, 5.41) is 12.5. The molecule has 3 rings (SSSR count). The summed E-state index contributed by atoms with van der Waals surface area (Å²) < 4.78 is 8.12. The molecular formula is C21H30N4O2S. The first kappa shape index (κ1) is 20.7. The van der Waals surface area contributed by atoms with E-state index < -0.39 is 0 Å². The lowest BCUT2D eigenvalue weighted by atomic mass is 10.1. The minimum absolute atomic E-state index is 0.0727. The van der Waals surface area contributed by atoms with Gasteiger partial charge in [-0.2, -0.15) is 0 Å². The molecule has 1 fully saturated rings. The third-order valence-electron chi connectivity index (χ3n) is 5.27. The van der Waals surface area contributed by atoms with Gasteiger partial charge in [-0.05, 0) is 63.8 Å². The molecular weight excluding hydrogens is 372 g/mol. The Hall–Kier alpha value is -2.02. The van der Waals surface area contributed by atoms with E-state index in [1.165, 1.54) is 35.7 Å². The van der Waals surface area contributed by atoms with Crippen LogP contribution >= 0.6 is 11.8 Å². The van der Waals surface area contributed by atoms with Crippen LogP contribution in [0, 0.1) is 13.8 Å². The van der Waals surface area contributed by atoms with Crippen molar-refractivity contribution in [3.8, 4) is 5.75 Å². The maximum atomic E-state index is 12.2. The molecule has 1 aliphatic rings. The van der Waals surface area contributed by atoms with Crippen LogP contribution in [-0.2, 0) is 11.3 Å². The average molecular weight is 403 g/mol. The van der Waals surface area contributed by atoms with E-state index in [1.54, 1.807) is 0 Å². The monoisotopic (exact) mass is 402 g/mol. The van der Waals surface area contributed by atoms with Crippen LogP contribution in [0.1, 0.15) is 62.6 Å². The van der Waals surface area contributed by atoms with E-state index in [2.05, 4.69) is 42.4 Å². The van der Waals surface area contributed by atoms with Gasteiger partial charge in [0.05, 0.1) is 5.75 Å². The van der Waals surface area contributed by atoms with Gasteiger partial charge in [-0.25, -0.2) is 0 Å². The van der Waals surface area contributed by atoms with Gasteiger partial charge in [0.15, 0.2) is 17.1 Å². The second-order valence-electron chi connectivity index (χ2n) is 7.43. The molecule has 1 saturated carbocycles. The first-order chi connectivity index (χ1) is 13.5. The smallest absolute Gasteiger partial charge is 0.230 e. The van der Waals surface area contributed by atoms with E-state index in [0.717, 1.165) is 36.1 Å². The summed E-state index contributed by atoms with van der Waals surface area (Å²) in [7, 11) is 0. The van der Waals surface area contributed by atoms with Crippen LogP contribution in [0.15, 0.2) is 23.4 Å². The molecule has 0 spiro atoms. The number of carbonyl (C=O) groups excluding carboxylic acids is 1. The Morgan fingerprint density at radius 2 is 2.04 bits per heavy atom. The number of nitrogens with zero attached hydrogens (tertiary/aromatic N) is 3. The molecule has 7 heteroatoms. The summed E-state index contributed by atoms with van der Waals surface area (Å²) in [6.45, 7) is 8.93. The molecule has 152 valence electrons. The van der Waals surface area contributed by atoms with Gasteiger partial charge in [-0.1, -0.05) is 30.7 Å². The van der Waals surface area contributed by atoms with Crippen molar-refractivity contribution in [2.75, 3.05) is 5.75 Å². The number of ether oxygens (including phenoxy) is 1. The van der Waals surface area contributed by atoms with E-state index in [-0.39, 0.29) is 12.0 Å². The lowest BCUT2D eigenvalue weighted by Crippen LogP contribution is -2.33. The van der Waals surface area contributed by atoms with E-state index in [1.807, 2.05) is 23.6 Å². The number of rotatable bonds is 8. The Labute approximate surface area is 171 Å². The molecule has 0 saturated heterocycles. The predicted molar refractivity (Wildman–Crippen MR) is 112 cm³/mol. The van der Waals surface area contributed by atoms with Crippen molar-refractivity contribution in [3.05, 3.63) is 35.2 Å². The lowest BCUT2D eigenvalue weighted by molar-refractivity contribution is -0.119. The van der Waals surface area contributed by atoms with Crippen LogP contribution in [0.5, 0.6) is 5.75 Å². The standard InChI is InChI=1S/C21H30N4O2S/c1-5-25-20(16(4)27-18-11-10-14(2)15(3)12-18)23-24-21(25)28-13-19(26)22-17-8-6-7-9-17/h10-12,16-17H,5-9,13H2,1-4H3,(H,22,26). The van der Waals surface area contributed by atoms with Crippen LogP contribution in [0.3, 0.4) is 0 Å². The molecule has 28 heavy (non-hydrogen) atoms. The summed E-state index contributed by atoms with van der Waals surface area (Å²) in [5.74, 6) is 2.04. The van der Waals surface area contributed by atoms with Crippen molar-refractivity contribution in [2.45, 2.75) is 77.2 Å². The quantitative estimate of drug-likeness (QED) is 0.670. The van der Waals surface area contributed by atoms with E-state index in [0.29, 0.717) is 11.8 Å². The van der Waals surface area contributed by atoms with Crippen LogP contribution in [0.2, 0.25) is 0 Å². The zero-order chi connectivity index (χ0) is 20.1. The van der Waals surface area contributed by atoms with Gasteiger partial charge in [0, 0.05) is 12.6 Å². The molecule has 1 aromatic heterocycles. The van der Waals surface area contributed by atoms with Crippen molar-refractivity contribution in [3.63, 3.8) is 0 Å². The molecule has 0 radical (unpaired) electrons. The van der Waals surface area contributed by atoms with Crippen molar-refractivity contribution < 1.29 is 9.53 Å². The van der Waals surface area contributed by atoms with Gasteiger partial charge in [0.25, 0.3) is 0 Å². The molecule has 6 nitrogen and oxygen atoms in total. The van der Waals surface area contributed by atoms with E-state index in [4.69, 9.17) is 4.74 Å². The first-order valence-electron chi connectivity index (χ1n) is 10.1. The van der Waals surface area contributed by atoms with Gasteiger partial charge >= 0.3 is 0 Å². The molecule has 0 aliphatic heterocycles. The summed E-state index contributed by atoms with van der Waals surface area (Å²) in [4.78, 5) is 12.2. The maximum Gasteiger partial charge on any atom is 0.230 e. The fourth-order valence-electron chi connectivity index (χ4n) is 3.52. The Balaban J connectivity index is 1.61. The summed E-state index contributed by atoms with van der Waals surface area (Å²) in [5.41, 5.74) is 2.44. The summed E-state index contributed by atoms with van der Waals surface area (Å²) >= 11 is 1.43. The number of thioether (sulfide) groups is 1. The zero-order valence-electron chi connectivity index (χ0n) is 17.2. The normalized spacial score (nSPS) is 15.6. The van der Waals surface area contributed by atoms with Crippen molar-refractivity contribution in [2.24, 2.45) is 0 Å². The molecule has 1 heterocycles. The maximum absolute atomic E-state index is 12.2. The largest absolute Gasteiger partial charge is 0.483 e. The predicted octanol–water partition coefficient (Wildman–Crippen LogP) is 4.21. The van der Waals surface area contributed by atoms with Crippen LogP contribution < -0.4 is 10.1 Å². The van der Waals surface area contributed by atoms with Crippen molar-refractivity contribution >= 4 is 17.7 Å².